The number of carbonyl (C=O) groups excluding carboxylic acids is 2. The molecule has 1 N–H and O–H groups in total. The number of carbonyl (C=O) groups is 2. The molecule has 6 nitrogen and oxygen atoms in total. The van der Waals surface area contributed by atoms with Crippen molar-refractivity contribution in [1.82, 2.24) is 15.2 Å². The lowest BCUT2D eigenvalue weighted by Crippen LogP contribution is -2.49. The molecule has 0 aliphatic carbocycles. The zero-order chi connectivity index (χ0) is 17.4. The van der Waals surface area contributed by atoms with Crippen LogP contribution in [0, 0.1) is 0 Å². The minimum atomic E-state index is -0.343. The molecule has 2 atom stereocenters. The van der Waals surface area contributed by atoms with E-state index in [4.69, 9.17) is 0 Å². The predicted octanol–water partition coefficient (Wildman–Crippen LogP) is 1.75. The average molecular weight is 360 g/mol. The Hall–Kier alpha value is -1.76. The first-order chi connectivity index (χ1) is 12.1. The molecule has 4 heterocycles. The van der Waals surface area contributed by atoms with Gasteiger partial charge in [-0.15, -0.1) is 11.8 Å². The van der Waals surface area contributed by atoms with Gasteiger partial charge in [0.25, 0.3) is 0 Å². The van der Waals surface area contributed by atoms with Crippen LogP contribution in [-0.2, 0) is 16.1 Å². The van der Waals surface area contributed by atoms with Crippen LogP contribution in [0.3, 0.4) is 0 Å². The predicted molar refractivity (Wildman–Crippen MR) is 98.3 cm³/mol. The smallest absolute Gasteiger partial charge is 0.243 e. The number of rotatable bonds is 4. The highest BCUT2D eigenvalue weighted by molar-refractivity contribution is 8.01. The highest BCUT2D eigenvalue weighted by Crippen LogP contribution is 2.47. The molecule has 0 bridgehead atoms. The van der Waals surface area contributed by atoms with Gasteiger partial charge in [-0.1, -0.05) is 0 Å². The molecule has 3 saturated heterocycles. The molecule has 25 heavy (non-hydrogen) atoms. The third kappa shape index (κ3) is 3.10. The van der Waals surface area contributed by atoms with Gasteiger partial charge in [0.2, 0.25) is 11.8 Å². The summed E-state index contributed by atoms with van der Waals surface area (Å²) in [7, 11) is 0. The highest BCUT2D eigenvalue weighted by Gasteiger charge is 2.52. The van der Waals surface area contributed by atoms with Crippen LogP contribution in [0.1, 0.15) is 38.2 Å². The standard InChI is InChI=1S/C18H24N4O2S/c1-18-6-4-16(23)22(18)14(12-25-18)17(24)20-11-13-5-7-19-15(10-13)21-8-2-3-9-21/h5,7,10,14H,2-4,6,8-9,11-12H2,1H3,(H,20,24)/t14-,18-/m1/s1. The summed E-state index contributed by atoms with van der Waals surface area (Å²) in [5, 5.41) is 3.02. The van der Waals surface area contributed by atoms with Crippen molar-refractivity contribution in [2.24, 2.45) is 0 Å². The van der Waals surface area contributed by atoms with E-state index < -0.39 is 0 Å². The molecule has 0 unspecified atom stereocenters. The van der Waals surface area contributed by atoms with Crippen LogP contribution >= 0.6 is 11.8 Å². The first kappa shape index (κ1) is 16.7. The van der Waals surface area contributed by atoms with Crippen molar-refractivity contribution in [2.75, 3.05) is 23.7 Å². The monoisotopic (exact) mass is 360 g/mol. The molecule has 0 saturated carbocycles. The fraction of sp³-hybridized carbons (Fsp3) is 0.611. The number of thioether (sulfide) groups is 1. The average Bonchev–Trinajstić information content (AvgIpc) is 3.31. The maximum atomic E-state index is 12.6. The number of anilines is 1. The molecule has 3 aliphatic rings. The maximum absolute atomic E-state index is 12.6. The maximum Gasteiger partial charge on any atom is 0.243 e. The number of pyridine rings is 1. The zero-order valence-corrected chi connectivity index (χ0v) is 15.3. The lowest BCUT2D eigenvalue weighted by Gasteiger charge is -2.29. The number of fused-ring (bicyclic) bond motifs is 1. The van der Waals surface area contributed by atoms with E-state index in [1.165, 1.54) is 12.8 Å². The van der Waals surface area contributed by atoms with Gasteiger partial charge >= 0.3 is 0 Å². The summed E-state index contributed by atoms with van der Waals surface area (Å²) in [6, 6.07) is 3.65. The van der Waals surface area contributed by atoms with Gasteiger partial charge in [-0.2, -0.15) is 0 Å². The Bertz CT molecular complexity index is 691. The Morgan fingerprint density at radius 2 is 2.24 bits per heavy atom. The molecular formula is C18H24N4O2S. The first-order valence-corrected chi connectivity index (χ1v) is 9.99. The van der Waals surface area contributed by atoms with E-state index in [-0.39, 0.29) is 22.7 Å². The molecule has 7 heteroatoms. The van der Waals surface area contributed by atoms with E-state index in [2.05, 4.69) is 28.2 Å². The fourth-order valence-electron chi connectivity index (χ4n) is 4.01. The van der Waals surface area contributed by atoms with E-state index in [1.54, 1.807) is 16.7 Å². The third-order valence-electron chi connectivity index (χ3n) is 5.45. The SMILES string of the molecule is C[C@@]12CCC(=O)N1[C@@H](C(=O)NCc1ccnc(N3CCCC3)c1)CS2. The molecule has 2 amide bonds. The quantitative estimate of drug-likeness (QED) is 0.886. The van der Waals surface area contributed by atoms with Crippen LogP contribution in [-0.4, -0.2) is 51.5 Å². The summed E-state index contributed by atoms with van der Waals surface area (Å²) in [5.41, 5.74) is 1.05. The normalized spacial score (nSPS) is 28.5. The molecule has 1 aromatic rings. The van der Waals surface area contributed by atoms with E-state index >= 15 is 0 Å². The summed E-state index contributed by atoms with van der Waals surface area (Å²) in [6.07, 6.45) is 5.62. The van der Waals surface area contributed by atoms with Gasteiger partial charge in [0.15, 0.2) is 0 Å². The first-order valence-electron chi connectivity index (χ1n) is 9.00. The lowest BCUT2D eigenvalue weighted by atomic mass is 10.2. The van der Waals surface area contributed by atoms with Gasteiger partial charge in [-0.05, 0) is 43.9 Å². The lowest BCUT2D eigenvalue weighted by molar-refractivity contribution is -0.138. The number of aromatic nitrogens is 1. The second kappa shape index (κ2) is 6.52. The van der Waals surface area contributed by atoms with Crippen molar-refractivity contribution in [3.05, 3.63) is 23.9 Å². The van der Waals surface area contributed by atoms with E-state index in [9.17, 15) is 9.59 Å². The second-order valence-corrected chi connectivity index (χ2v) is 8.70. The second-order valence-electron chi connectivity index (χ2n) is 7.20. The molecule has 0 spiro atoms. The molecular weight excluding hydrogens is 336 g/mol. The van der Waals surface area contributed by atoms with Crippen molar-refractivity contribution in [1.29, 1.82) is 0 Å². The van der Waals surface area contributed by atoms with Crippen LogP contribution in [0.5, 0.6) is 0 Å². The fourth-order valence-corrected chi connectivity index (χ4v) is 5.44. The number of amides is 2. The van der Waals surface area contributed by atoms with Gasteiger partial charge in [-0.3, -0.25) is 9.59 Å². The van der Waals surface area contributed by atoms with E-state index in [1.807, 2.05) is 12.3 Å². The van der Waals surface area contributed by atoms with Gasteiger partial charge < -0.3 is 15.1 Å². The van der Waals surface area contributed by atoms with Crippen molar-refractivity contribution in [3.63, 3.8) is 0 Å². The van der Waals surface area contributed by atoms with Crippen LogP contribution < -0.4 is 10.2 Å². The van der Waals surface area contributed by atoms with E-state index in [0.29, 0.717) is 18.7 Å². The number of nitrogens with one attached hydrogen (secondary N) is 1. The molecule has 134 valence electrons. The summed E-state index contributed by atoms with van der Waals surface area (Å²) in [4.78, 5) is 33.1. The van der Waals surface area contributed by atoms with Gasteiger partial charge in [0.1, 0.15) is 11.9 Å². The van der Waals surface area contributed by atoms with Gasteiger partial charge in [0, 0.05) is 38.0 Å². The van der Waals surface area contributed by atoms with Crippen LogP contribution in [0.25, 0.3) is 0 Å². The molecule has 1 aromatic heterocycles. The highest BCUT2D eigenvalue weighted by atomic mass is 32.2. The Labute approximate surface area is 152 Å². The third-order valence-corrected chi connectivity index (χ3v) is 6.96. The van der Waals surface area contributed by atoms with Gasteiger partial charge in [0.05, 0.1) is 4.87 Å². The van der Waals surface area contributed by atoms with Crippen molar-refractivity contribution >= 4 is 29.4 Å². The zero-order valence-electron chi connectivity index (χ0n) is 14.5. The van der Waals surface area contributed by atoms with Crippen molar-refractivity contribution in [2.45, 2.75) is 50.1 Å². The summed E-state index contributed by atoms with van der Waals surface area (Å²) in [5.74, 6) is 1.73. The number of hydrogen-bond acceptors (Lipinski definition) is 5. The Morgan fingerprint density at radius 3 is 3.04 bits per heavy atom. The van der Waals surface area contributed by atoms with Crippen LogP contribution in [0.4, 0.5) is 5.82 Å². The van der Waals surface area contributed by atoms with E-state index in [0.717, 1.165) is 30.9 Å². The van der Waals surface area contributed by atoms with Gasteiger partial charge in [-0.25, -0.2) is 4.98 Å². The summed E-state index contributed by atoms with van der Waals surface area (Å²) < 4.78 is 0. The molecule has 4 rings (SSSR count). The molecule has 0 aromatic carbocycles. The Balaban J connectivity index is 1.39. The Morgan fingerprint density at radius 1 is 1.44 bits per heavy atom. The minimum absolute atomic E-state index is 0.0500. The topological polar surface area (TPSA) is 65.5 Å². The van der Waals surface area contributed by atoms with Crippen molar-refractivity contribution in [3.8, 4) is 0 Å². The largest absolute Gasteiger partial charge is 0.357 e. The van der Waals surface area contributed by atoms with Crippen LogP contribution in [0.2, 0.25) is 0 Å². The van der Waals surface area contributed by atoms with Crippen LogP contribution in [0.15, 0.2) is 18.3 Å². The summed E-state index contributed by atoms with van der Waals surface area (Å²) in [6.45, 7) is 4.65. The van der Waals surface area contributed by atoms with Crippen molar-refractivity contribution < 1.29 is 9.59 Å². The minimum Gasteiger partial charge on any atom is -0.357 e. The molecule has 0 radical (unpaired) electrons. The summed E-state index contributed by atoms with van der Waals surface area (Å²) >= 11 is 1.72. The number of nitrogens with zero attached hydrogens (tertiary/aromatic N) is 3. The molecule has 3 aliphatic heterocycles. The Kier molecular flexibility index (Phi) is 4.35. The number of hydrogen-bond donors (Lipinski definition) is 1. The molecule has 3 fully saturated rings.